The molecule has 208 valence electrons. The Morgan fingerprint density at radius 1 is 0.780 bits per heavy atom. The van der Waals surface area contributed by atoms with Crippen molar-refractivity contribution in [1.29, 1.82) is 0 Å². The van der Waals surface area contributed by atoms with Crippen molar-refractivity contribution in [2.75, 3.05) is 0 Å². The minimum Gasteiger partial charge on any atom is -0.481 e. The second kappa shape index (κ2) is 13.9. The van der Waals surface area contributed by atoms with Crippen LogP contribution in [0.15, 0.2) is 101 Å². The molecule has 1 N–H and O–H groups in total. The van der Waals surface area contributed by atoms with E-state index in [-0.39, 0.29) is 22.6 Å². The van der Waals surface area contributed by atoms with E-state index >= 15 is 0 Å². The number of halogens is 3. The summed E-state index contributed by atoms with van der Waals surface area (Å²) in [5, 5.41) is 4.91. The lowest BCUT2D eigenvalue weighted by atomic mass is 10.2. The number of hydrogen-bond donors (Lipinski definition) is 1. The van der Waals surface area contributed by atoms with Gasteiger partial charge in [-0.2, -0.15) is 5.10 Å². The van der Waals surface area contributed by atoms with E-state index < -0.39 is 23.9 Å². The third kappa shape index (κ3) is 8.65. The van der Waals surface area contributed by atoms with E-state index in [0.29, 0.717) is 21.4 Å². The summed E-state index contributed by atoms with van der Waals surface area (Å²) in [5.41, 5.74) is 3.24. The molecule has 0 aromatic heterocycles. The van der Waals surface area contributed by atoms with Crippen LogP contribution in [0.2, 0.25) is 10.0 Å². The van der Waals surface area contributed by atoms with Gasteiger partial charge in [-0.15, -0.1) is 0 Å². The molecule has 1 amide bonds. The Bertz CT molecular complexity index is 1580. The second-order valence-electron chi connectivity index (χ2n) is 8.44. The van der Waals surface area contributed by atoms with Crippen LogP contribution in [-0.2, 0) is 4.79 Å². The van der Waals surface area contributed by atoms with Crippen molar-refractivity contribution in [2.24, 2.45) is 5.10 Å². The first-order valence-corrected chi connectivity index (χ1v) is 13.6. The molecule has 0 radical (unpaired) electrons. The summed E-state index contributed by atoms with van der Waals surface area (Å²) in [6.07, 6.45) is 0.449. The van der Waals surface area contributed by atoms with Crippen LogP contribution in [0.25, 0.3) is 0 Å². The van der Waals surface area contributed by atoms with Crippen molar-refractivity contribution in [3.63, 3.8) is 0 Å². The van der Waals surface area contributed by atoms with Gasteiger partial charge in [-0.1, -0.05) is 39.1 Å². The maximum atomic E-state index is 12.8. The van der Waals surface area contributed by atoms with Gasteiger partial charge in [-0.3, -0.25) is 4.79 Å². The Labute approximate surface area is 254 Å². The summed E-state index contributed by atoms with van der Waals surface area (Å²) in [4.78, 5) is 37.9. The molecule has 8 nitrogen and oxygen atoms in total. The van der Waals surface area contributed by atoms with Crippen molar-refractivity contribution in [2.45, 2.75) is 13.0 Å². The fraction of sp³-hybridized carbons (Fsp3) is 0.0667. The number of carbonyl (C=O) groups excluding carboxylic acids is 3. The van der Waals surface area contributed by atoms with Crippen molar-refractivity contribution in [1.82, 2.24) is 5.43 Å². The highest BCUT2D eigenvalue weighted by Crippen LogP contribution is 2.26. The highest BCUT2D eigenvalue weighted by atomic mass is 79.9. The molecule has 1 atom stereocenters. The average molecular weight is 656 g/mol. The Hall–Kier alpha value is -4.18. The molecule has 0 spiro atoms. The summed E-state index contributed by atoms with van der Waals surface area (Å²) in [6, 6.07) is 23.7. The van der Waals surface area contributed by atoms with Gasteiger partial charge in [0.15, 0.2) is 6.10 Å². The van der Waals surface area contributed by atoms with Crippen molar-refractivity contribution in [3.05, 3.63) is 122 Å². The van der Waals surface area contributed by atoms with E-state index in [1.165, 1.54) is 48.7 Å². The zero-order chi connectivity index (χ0) is 29.4. The Kier molecular flexibility index (Phi) is 10.1. The number of carbonyl (C=O) groups is 3. The quantitative estimate of drug-likeness (QED) is 0.0892. The van der Waals surface area contributed by atoms with Gasteiger partial charge in [0.25, 0.3) is 5.91 Å². The second-order valence-corrected chi connectivity index (χ2v) is 10.2. The monoisotopic (exact) mass is 654 g/mol. The molecule has 0 aliphatic heterocycles. The molecule has 0 aliphatic rings. The minimum absolute atomic E-state index is 0.0310. The molecule has 0 saturated carbocycles. The fourth-order valence-corrected chi connectivity index (χ4v) is 3.81. The predicted octanol–water partition coefficient (Wildman–Crippen LogP) is 7.11. The van der Waals surface area contributed by atoms with Gasteiger partial charge in [0.2, 0.25) is 0 Å². The zero-order valence-electron chi connectivity index (χ0n) is 21.3. The Morgan fingerprint density at radius 2 is 1.32 bits per heavy atom. The lowest BCUT2D eigenvalue weighted by molar-refractivity contribution is -0.127. The minimum atomic E-state index is -0.842. The number of esters is 2. The van der Waals surface area contributed by atoms with Crippen LogP contribution in [0.5, 0.6) is 17.2 Å². The molecule has 0 saturated heterocycles. The highest BCUT2D eigenvalue weighted by molar-refractivity contribution is 9.10. The fourth-order valence-electron chi connectivity index (χ4n) is 3.30. The molecule has 4 aromatic rings. The predicted molar refractivity (Wildman–Crippen MR) is 159 cm³/mol. The molecule has 0 aliphatic carbocycles. The van der Waals surface area contributed by atoms with Crippen LogP contribution in [-0.4, -0.2) is 30.2 Å². The van der Waals surface area contributed by atoms with Crippen LogP contribution < -0.4 is 19.6 Å². The number of amides is 1. The summed E-state index contributed by atoms with van der Waals surface area (Å²) >= 11 is 15.1. The molecule has 41 heavy (non-hydrogen) atoms. The van der Waals surface area contributed by atoms with E-state index in [1.54, 1.807) is 55.5 Å². The lowest BCUT2D eigenvalue weighted by Crippen LogP contribution is -2.33. The normalized spacial score (nSPS) is 11.5. The molecule has 11 heteroatoms. The van der Waals surface area contributed by atoms with Crippen LogP contribution in [0.3, 0.4) is 0 Å². The molecule has 4 aromatic carbocycles. The van der Waals surface area contributed by atoms with Gasteiger partial charge in [-0.05, 0) is 91.9 Å². The summed E-state index contributed by atoms with van der Waals surface area (Å²) in [7, 11) is 0. The standard InChI is InChI=1S/C30H21BrCl2N2O6/c1-18(39-25-14-7-22(31)8-15-25)28(36)35-34-17-21-6-13-26(40-29(37)19-2-9-23(32)10-3-19)16-27(21)41-30(38)20-4-11-24(33)12-5-20/h2-18H,1H3,(H,35,36)/b34-17-/t18-/m1/s1. The molecule has 4 rings (SSSR count). The van der Waals surface area contributed by atoms with Crippen molar-refractivity contribution >= 4 is 63.2 Å². The van der Waals surface area contributed by atoms with E-state index in [0.717, 1.165) is 4.47 Å². The van der Waals surface area contributed by atoms with Gasteiger partial charge in [0, 0.05) is 26.1 Å². The van der Waals surface area contributed by atoms with Crippen molar-refractivity contribution < 1.29 is 28.6 Å². The van der Waals surface area contributed by atoms with E-state index in [4.69, 9.17) is 37.4 Å². The number of hydrogen-bond acceptors (Lipinski definition) is 7. The molecule has 0 fully saturated rings. The molecule has 0 bridgehead atoms. The third-order valence-corrected chi connectivity index (χ3v) is 6.46. The van der Waals surface area contributed by atoms with Gasteiger partial charge in [0.1, 0.15) is 17.2 Å². The van der Waals surface area contributed by atoms with E-state index in [2.05, 4.69) is 26.5 Å². The number of ether oxygens (including phenoxy) is 3. The number of rotatable bonds is 9. The van der Waals surface area contributed by atoms with Gasteiger partial charge in [-0.25, -0.2) is 15.0 Å². The van der Waals surface area contributed by atoms with E-state index in [9.17, 15) is 14.4 Å². The van der Waals surface area contributed by atoms with E-state index in [1.807, 2.05) is 0 Å². The van der Waals surface area contributed by atoms with Gasteiger partial charge < -0.3 is 14.2 Å². The summed E-state index contributed by atoms with van der Waals surface area (Å²) < 4.78 is 17.5. The van der Waals surface area contributed by atoms with Crippen LogP contribution >= 0.6 is 39.1 Å². The number of nitrogens with one attached hydrogen (secondary N) is 1. The van der Waals surface area contributed by atoms with Crippen molar-refractivity contribution in [3.8, 4) is 17.2 Å². The SMILES string of the molecule is C[C@@H](Oc1ccc(Br)cc1)C(=O)N/N=C\c1ccc(OC(=O)c2ccc(Cl)cc2)cc1OC(=O)c1ccc(Cl)cc1. The average Bonchev–Trinajstić information content (AvgIpc) is 2.96. The van der Waals surface area contributed by atoms with Gasteiger partial charge >= 0.3 is 11.9 Å². The Morgan fingerprint density at radius 3 is 1.90 bits per heavy atom. The lowest BCUT2D eigenvalue weighted by Gasteiger charge is -2.13. The van der Waals surface area contributed by atoms with Crippen LogP contribution in [0.4, 0.5) is 0 Å². The number of benzene rings is 4. The summed E-state index contributed by atoms with van der Waals surface area (Å²) in [6.45, 7) is 1.58. The first-order valence-electron chi connectivity index (χ1n) is 12.0. The molecular formula is C30H21BrCl2N2O6. The van der Waals surface area contributed by atoms with Crippen LogP contribution in [0, 0.1) is 0 Å². The molecule has 0 heterocycles. The first-order chi connectivity index (χ1) is 19.7. The summed E-state index contributed by atoms with van der Waals surface area (Å²) in [5.74, 6) is -1.16. The smallest absolute Gasteiger partial charge is 0.343 e. The number of nitrogens with zero attached hydrogens (tertiary/aromatic N) is 1. The Balaban J connectivity index is 1.50. The van der Waals surface area contributed by atoms with Crippen LogP contribution in [0.1, 0.15) is 33.2 Å². The zero-order valence-corrected chi connectivity index (χ0v) is 24.4. The maximum Gasteiger partial charge on any atom is 0.343 e. The third-order valence-electron chi connectivity index (χ3n) is 5.43. The largest absolute Gasteiger partial charge is 0.481 e. The topological polar surface area (TPSA) is 103 Å². The van der Waals surface area contributed by atoms with Gasteiger partial charge in [0.05, 0.1) is 17.3 Å². The maximum absolute atomic E-state index is 12.8. The first kappa shape index (κ1) is 29.8. The molecular weight excluding hydrogens is 635 g/mol. The molecule has 0 unspecified atom stereocenters. The highest BCUT2D eigenvalue weighted by Gasteiger charge is 2.16. The number of hydrazone groups is 1.